The molecule has 1 heterocycles. The number of fused-ring (bicyclic) bond motifs is 1. The van der Waals surface area contributed by atoms with E-state index in [1.54, 1.807) is 11.5 Å². The molecule has 0 aliphatic carbocycles. The summed E-state index contributed by atoms with van der Waals surface area (Å²) < 4.78 is 2.13. The van der Waals surface area contributed by atoms with Gasteiger partial charge in [0.15, 0.2) is 0 Å². The molecule has 0 N–H and O–H groups in total. The smallest absolute Gasteiger partial charge is 0.228 e. The summed E-state index contributed by atoms with van der Waals surface area (Å²) in [6.45, 7) is 4.47. The molecule has 0 saturated carbocycles. The van der Waals surface area contributed by atoms with E-state index in [1.807, 2.05) is 68.7 Å². The van der Waals surface area contributed by atoms with Gasteiger partial charge in [-0.25, -0.2) is 0 Å². The quantitative estimate of drug-likeness (QED) is 0.528. The molecule has 0 aliphatic rings. The predicted octanol–water partition coefficient (Wildman–Crippen LogP) is 4.36. The van der Waals surface area contributed by atoms with Gasteiger partial charge in [0, 0.05) is 12.5 Å². The molecule has 3 rings (SSSR count). The third-order valence-corrected chi connectivity index (χ3v) is 4.29. The number of hydroxylamine groups is 3. The minimum Gasteiger partial charge on any atom is -0.313 e. The van der Waals surface area contributed by atoms with Crippen molar-refractivity contribution in [3.63, 3.8) is 0 Å². The second kappa shape index (κ2) is 6.13. The highest BCUT2D eigenvalue weighted by molar-refractivity contribution is 6.03. The largest absolute Gasteiger partial charge is 0.313 e. The van der Waals surface area contributed by atoms with Gasteiger partial charge in [-0.1, -0.05) is 42.5 Å². The lowest BCUT2D eigenvalue weighted by Crippen LogP contribution is -2.42. The monoisotopic (exact) mass is 323 g/mol. The van der Waals surface area contributed by atoms with E-state index >= 15 is 0 Å². The van der Waals surface area contributed by atoms with Gasteiger partial charge >= 0.3 is 0 Å². The Labute approximate surface area is 142 Å². The molecule has 0 aliphatic heterocycles. The maximum atomic E-state index is 12.4. The van der Waals surface area contributed by atoms with E-state index in [2.05, 4.69) is 6.92 Å². The first-order valence-electron chi connectivity index (χ1n) is 8.17. The Morgan fingerprint density at radius 2 is 1.67 bits per heavy atom. The number of hydrogen-bond acceptors (Lipinski definition) is 2. The lowest BCUT2D eigenvalue weighted by Gasteiger charge is -2.26. The summed E-state index contributed by atoms with van der Waals surface area (Å²) in [6, 6.07) is 17.8. The van der Waals surface area contributed by atoms with Gasteiger partial charge in [-0.05, 0) is 19.1 Å². The summed E-state index contributed by atoms with van der Waals surface area (Å²) in [5, 5.41) is 0.950. The molecule has 0 amide bonds. The van der Waals surface area contributed by atoms with Crippen molar-refractivity contribution in [2.24, 2.45) is 0 Å². The average Bonchev–Trinajstić information content (AvgIpc) is 2.90. The summed E-state index contributed by atoms with van der Waals surface area (Å²) in [7, 11) is 4.02. The third-order valence-electron chi connectivity index (χ3n) is 4.29. The van der Waals surface area contributed by atoms with E-state index in [0.29, 0.717) is 4.65 Å². The summed E-state index contributed by atoms with van der Waals surface area (Å²) >= 11 is 0. The van der Waals surface area contributed by atoms with Crippen LogP contribution in [0.25, 0.3) is 22.2 Å². The molecule has 2 aromatic carbocycles. The molecule has 0 radical (unpaired) electrons. The van der Waals surface area contributed by atoms with Crippen LogP contribution in [0, 0.1) is 0 Å². The van der Waals surface area contributed by atoms with E-state index < -0.39 is 0 Å². The van der Waals surface area contributed by atoms with Gasteiger partial charge < -0.3 is 4.84 Å². The van der Waals surface area contributed by atoms with E-state index in [4.69, 9.17) is 4.84 Å². The SMILES string of the molecule is CC[N+](C)(C)Oc1c(-c2ccccc2)n(C(C)=O)c2ccccc12. The first-order chi connectivity index (χ1) is 11.4. The van der Waals surface area contributed by atoms with Crippen molar-refractivity contribution in [3.05, 3.63) is 54.6 Å². The van der Waals surface area contributed by atoms with Gasteiger partial charge in [0.1, 0.15) is 26.3 Å². The van der Waals surface area contributed by atoms with E-state index in [0.717, 1.165) is 34.5 Å². The van der Waals surface area contributed by atoms with Crippen LogP contribution in [-0.2, 0) is 0 Å². The van der Waals surface area contributed by atoms with Crippen LogP contribution < -0.4 is 4.84 Å². The Balaban J connectivity index is 2.37. The minimum atomic E-state index is -0.0262. The number of hydrogen-bond donors (Lipinski definition) is 0. The Hall–Kier alpha value is -2.59. The highest BCUT2D eigenvalue weighted by Crippen LogP contribution is 2.40. The maximum Gasteiger partial charge on any atom is 0.228 e. The van der Waals surface area contributed by atoms with Gasteiger partial charge in [-0.3, -0.25) is 9.36 Å². The number of aromatic nitrogens is 1. The van der Waals surface area contributed by atoms with E-state index in [9.17, 15) is 4.79 Å². The molecule has 4 nitrogen and oxygen atoms in total. The number of para-hydroxylation sites is 1. The van der Waals surface area contributed by atoms with Gasteiger partial charge in [0.2, 0.25) is 11.7 Å². The number of carbonyl (C=O) groups is 1. The van der Waals surface area contributed by atoms with Crippen molar-refractivity contribution in [3.8, 4) is 17.0 Å². The van der Waals surface area contributed by atoms with Crippen LogP contribution in [0.5, 0.6) is 5.75 Å². The lowest BCUT2D eigenvalue weighted by molar-refractivity contribution is -1.05. The number of carbonyl (C=O) groups excluding carboxylic acids is 1. The highest BCUT2D eigenvalue weighted by atomic mass is 16.7. The van der Waals surface area contributed by atoms with Gasteiger partial charge in [-0.15, -0.1) is 4.65 Å². The number of quaternary nitrogens is 1. The fraction of sp³-hybridized carbons (Fsp3) is 0.250. The second-order valence-corrected chi connectivity index (χ2v) is 6.40. The molecule has 0 bridgehead atoms. The average molecular weight is 323 g/mol. The Morgan fingerprint density at radius 3 is 2.29 bits per heavy atom. The van der Waals surface area contributed by atoms with Crippen molar-refractivity contribution >= 4 is 16.8 Å². The molecule has 0 spiro atoms. The van der Waals surface area contributed by atoms with Crippen LogP contribution in [-0.4, -0.2) is 35.8 Å². The fourth-order valence-electron chi connectivity index (χ4n) is 2.80. The van der Waals surface area contributed by atoms with Crippen molar-refractivity contribution in [1.29, 1.82) is 0 Å². The number of nitrogens with zero attached hydrogens (tertiary/aromatic N) is 2. The molecule has 1 aromatic heterocycles. The van der Waals surface area contributed by atoms with Crippen LogP contribution in [0.1, 0.15) is 18.6 Å². The second-order valence-electron chi connectivity index (χ2n) is 6.40. The Kier molecular flexibility index (Phi) is 4.16. The maximum absolute atomic E-state index is 12.4. The molecule has 0 atom stereocenters. The topological polar surface area (TPSA) is 31.2 Å². The third kappa shape index (κ3) is 2.81. The highest BCUT2D eigenvalue weighted by Gasteiger charge is 2.27. The summed E-state index contributed by atoms with van der Waals surface area (Å²) in [5.41, 5.74) is 2.65. The summed E-state index contributed by atoms with van der Waals surface area (Å²) in [5.74, 6) is 0.723. The standard InChI is InChI=1S/C20H23N2O2/c1-5-22(3,4)24-20-17-13-9-10-14-18(17)21(15(2)23)19(20)16-11-7-6-8-12-16/h6-14H,5H2,1-4H3/q+1. The summed E-state index contributed by atoms with van der Waals surface area (Å²) in [6.07, 6.45) is 0. The lowest BCUT2D eigenvalue weighted by atomic mass is 10.1. The molecule has 124 valence electrons. The van der Waals surface area contributed by atoms with Gasteiger partial charge in [0.05, 0.1) is 10.9 Å². The van der Waals surface area contributed by atoms with Crippen LogP contribution >= 0.6 is 0 Å². The number of benzene rings is 2. The van der Waals surface area contributed by atoms with Crippen molar-refractivity contribution < 1.29 is 14.3 Å². The Morgan fingerprint density at radius 1 is 1.04 bits per heavy atom. The molecular formula is C20H23N2O2+. The molecule has 24 heavy (non-hydrogen) atoms. The summed E-state index contributed by atoms with van der Waals surface area (Å²) in [4.78, 5) is 18.7. The molecule has 4 heteroatoms. The van der Waals surface area contributed by atoms with E-state index in [1.165, 1.54) is 0 Å². The van der Waals surface area contributed by atoms with Crippen molar-refractivity contribution in [2.75, 3.05) is 20.6 Å². The minimum absolute atomic E-state index is 0.0262. The molecule has 0 fully saturated rings. The molecule has 0 unspecified atom stereocenters. The van der Waals surface area contributed by atoms with E-state index in [-0.39, 0.29) is 5.91 Å². The van der Waals surface area contributed by atoms with Crippen LogP contribution in [0.15, 0.2) is 54.6 Å². The normalized spacial score (nSPS) is 11.7. The fourth-order valence-corrected chi connectivity index (χ4v) is 2.80. The van der Waals surface area contributed by atoms with Crippen LogP contribution in [0.3, 0.4) is 0 Å². The van der Waals surface area contributed by atoms with Gasteiger partial charge in [0.25, 0.3) is 0 Å². The first kappa shape index (κ1) is 16.3. The van der Waals surface area contributed by atoms with Crippen LogP contribution in [0.4, 0.5) is 0 Å². The molecule has 0 saturated heterocycles. The zero-order chi connectivity index (χ0) is 17.3. The molecule has 3 aromatic rings. The molecular weight excluding hydrogens is 300 g/mol. The van der Waals surface area contributed by atoms with Crippen molar-refractivity contribution in [1.82, 2.24) is 4.57 Å². The number of rotatable bonds is 4. The Bertz CT molecular complexity index is 879. The first-order valence-corrected chi connectivity index (χ1v) is 8.17. The van der Waals surface area contributed by atoms with Crippen molar-refractivity contribution in [2.45, 2.75) is 13.8 Å². The zero-order valence-electron chi connectivity index (χ0n) is 14.6. The van der Waals surface area contributed by atoms with Gasteiger partial charge in [-0.2, -0.15) is 0 Å². The van der Waals surface area contributed by atoms with Crippen LogP contribution in [0.2, 0.25) is 0 Å². The predicted molar refractivity (Wildman–Crippen MR) is 97.0 cm³/mol. The zero-order valence-corrected chi connectivity index (χ0v) is 14.6.